The van der Waals surface area contributed by atoms with Gasteiger partial charge >= 0.3 is 6.18 Å². The third-order valence-electron chi connectivity index (χ3n) is 8.79. The van der Waals surface area contributed by atoms with Crippen molar-refractivity contribution in [2.45, 2.75) is 50.9 Å². The SMILES string of the molecule is COc1nc2ccc(C(O)(c3ccccc3)C3CCN(C(C)=O)CC3)cc2c(Cl)c1CN1CCC(C(F)(F)F)CC1. The van der Waals surface area contributed by atoms with Gasteiger partial charge in [0.15, 0.2) is 0 Å². The van der Waals surface area contributed by atoms with E-state index in [2.05, 4.69) is 4.98 Å². The first-order valence-corrected chi connectivity index (χ1v) is 14.4. The third kappa shape index (κ3) is 5.90. The summed E-state index contributed by atoms with van der Waals surface area (Å²) >= 11 is 7.00. The number of aromatic nitrogens is 1. The molecule has 3 aromatic rings. The van der Waals surface area contributed by atoms with Gasteiger partial charge in [-0.2, -0.15) is 13.2 Å². The van der Waals surface area contributed by atoms with E-state index in [1.807, 2.05) is 53.4 Å². The Balaban J connectivity index is 1.51. The van der Waals surface area contributed by atoms with Crippen molar-refractivity contribution in [3.8, 4) is 5.88 Å². The van der Waals surface area contributed by atoms with Crippen LogP contribution in [0.15, 0.2) is 48.5 Å². The minimum atomic E-state index is -4.18. The highest BCUT2D eigenvalue weighted by Gasteiger charge is 2.43. The molecule has 1 atom stereocenters. The van der Waals surface area contributed by atoms with E-state index >= 15 is 0 Å². The van der Waals surface area contributed by atoms with Gasteiger partial charge in [0.2, 0.25) is 11.8 Å². The Hall–Kier alpha value is -2.88. The van der Waals surface area contributed by atoms with Crippen LogP contribution in [-0.2, 0) is 16.9 Å². The van der Waals surface area contributed by atoms with Crippen LogP contribution in [0, 0.1) is 11.8 Å². The van der Waals surface area contributed by atoms with Crippen LogP contribution in [0.2, 0.25) is 5.02 Å². The van der Waals surface area contributed by atoms with E-state index in [1.54, 1.807) is 11.8 Å². The van der Waals surface area contributed by atoms with E-state index in [0.717, 1.165) is 5.56 Å². The summed E-state index contributed by atoms with van der Waals surface area (Å²) in [6.45, 7) is 3.61. The second kappa shape index (κ2) is 11.8. The lowest BCUT2D eigenvalue weighted by Crippen LogP contribution is -2.45. The third-order valence-corrected chi connectivity index (χ3v) is 9.22. The summed E-state index contributed by atoms with van der Waals surface area (Å²) in [6, 6.07) is 15.1. The van der Waals surface area contributed by atoms with Crippen molar-refractivity contribution in [3.05, 3.63) is 70.2 Å². The number of nitrogens with zero attached hydrogens (tertiary/aromatic N) is 3. The predicted octanol–water partition coefficient (Wildman–Crippen LogP) is 6.17. The summed E-state index contributed by atoms with van der Waals surface area (Å²) in [6.07, 6.45) is -2.82. The normalized spacial score (nSPS) is 19.3. The van der Waals surface area contributed by atoms with Crippen LogP contribution >= 0.6 is 11.6 Å². The molecule has 1 aromatic heterocycles. The number of hydrogen-bond donors (Lipinski definition) is 1. The first-order chi connectivity index (χ1) is 19.5. The van der Waals surface area contributed by atoms with Gasteiger partial charge in [0, 0.05) is 37.5 Å². The topological polar surface area (TPSA) is 65.9 Å². The Morgan fingerprint density at radius 3 is 2.22 bits per heavy atom. The molecule has 10 heteroatoms. The number of likely N-dealkylation sites (tertiary alicyclic amines) is 2. The number of carbonyl (C=O) groups is 1. The summed E-state index contributed by atoms with van der Waals surface area (Å²) in [5.41, 5.74) is 1.30. The smallest absolute Gasteiger partial charge is 0.391 e. The summed E-state index contributed by atoms with van der Waals surface area (Å²) in [5, 5.41) is 13.5. The fraction of sp³-hybridized carbons (Fsp3) is 0.484. The first kappa shape index (κ1) is 29.6. The highest BCUT2D eigenvalue weighted by molar-refractivity contribution is 6.36. The van der Waals surface area contributed by atoms with Gasteiger partial charge in [-0.05, 0) is 68.0 Å². The number of hydrogen-bond acceptors (Lipinski definition) is 5. The van der Waals surface area contributed by atoms with E-state index in [4.69, 9.17) is 16.3 Å². The number of benzene rings is 2. The summed E-state index contributed by atoms with van der Waals surface area (Å²) < 4.78 is 45.1. The molecule has 220 valence electrons. The Morgan fingerprint density at radius 2 is 1.63 bits per heavy atom. The highest BCUT2D eigenvalue weighted by atomic mass is 35.5. The summed E-state index contributed by atoms with van der Waals surface area (Å²) in [4.78, 5) is 20.4. The number of carbonyl (C=O) groups excluding carboxylic acids is 1. The lowest BCUT2D eigenvalue weighted by atomic mass is 9.72. The minimum absolute atomic E-state index is 0.0272. The van der Waals surface area contributed by atoms with Crippen LogP contribution in [0.3, 0.4) is 0 Å². The van der Waals surface area contributed by atoms with Gasteiger partial charge in [0.1, 0.15) is 5.60 Å². The van der Waals surface area contributed by atoms with Crippen molar-refractivity contribution in [2.75, 3.05) is 33.3 Å². The van der Waals surface area contributed by atoms with E-state index in [0.29, 0.717) is 78.5 Å². The zero-order valence-electron chi connectivity index (χ0n) is 23.3. The monoisotopic (exact) mass is 589 g/mol. The standard InChI is InChI=1S/C31H35ClF3N3O3/c1-20(39)38-16-12-22(13-17-38)30(40,21-6-4-3-5-7-21)24-8-9-27-25(18-24)28(32)26(29(36-27)41-2)19-37-14-10-23(11-15-37)31(33,34)35/h3-9,18,22-23,40H,10-17,19H2,1-2H3. The molecule has 0 radical (unpaired) electrons. The lowest BCUT2D eigenvalue weighted by molar-refractivity contribution is -0.185. The molecule has 2 aromatic carbocycles. The van der Waals surface area contributed by atoms with E-state index < -0.39 is 17.7 Å². The molecule has 6 nitrogen and oxygen atoms in total. The highest BCUT2D eigenvalue weighted by Crippen LogP contribution is 2.44. The Kier molecular flexibility index (Phi) is 8.51. The Morgan fingerprint density at radius 1 is 1.00 bits per heavy atom. The molecule has 2 aliphatic rings. The number of amides is 1. The van der Waals surface area contributed by atoms with Gasteiger partial charge in [0.25, 0.3) is 0 Å². The Bertz CT molecular complexity index is 1390. The van der Waals surface area contributed by atoms with E-state index in [9.17, 15) is 23.1 Å². The van der Waals surface area contributed by atoms with Crippen LogP contribution in [-0.4, -0.2) is 65.3 Å². The number of halogens is 4. The molecule has 41 heavy (non-hydrogen) atoms. The number of rotatable bonds is 6. The molecule has 1 amide bonds. The number of ether oxygens (including phenoxy) is 1. The zero-order chi connectivity index (χ0) is 29.4. The van der Waals surface area contributed by atoms with Gasteiger partial charge in [-0.3, -0.25) is 9.69 Å². The van der Waals surface area contributed by atoms with E-state index in [-0.39, 0.29) is 24.7 Å². The van der Waals surface area contributed by atoms with Crippen LogP contribution in [0.1, 0.15) is 49.3 Å². The maximum atomic E-state index is 13.2. The zero-order valence-corrected chi connectivity index (χ0v) is 24.0. The van der Waals surface area contributed by atoms with Crippen LogP contribution in [0.25, 0.3) is 10.9 Å². The number of methoxy groups -OCH3 is 1. The quantitative estimate of drug-likeness (QED) is 0.373. The molecule has 3 heterocycles. The van der Waals surface area contributed by atoms with Crippen molar-refractivity contribution in [2.24, 2.45) is 11.8 Å². The summed E-state index contributed by atoms with van der Waals surface area (Å²) in [5.74, 6) is -1.06. The fourth-order valence-electron chi connectivity index (χ4n) is 6.37. The van der Waals surface area contributed by atoms with Crippen molar-refractivity contribution >= 4 is 28.4 Å². The van der Waals surface area contributed by atoms with Gasteiger partial charge < -0.3 is 14.7 Å². The van der Waals surface area contributed by atoms with Gasteiger partial charge in [-0.15, -0.1) is 0 Å². The average Bonchev–Trinajstić information content (AvgIpc) is 2.98. The maximum Gasteiger partial charge on any atom is 0.391 e. The van der Waals surface area contributed by atoms with Gasteiger partial charge in [0.05, 0.1) is 23.6 Å². The largest absolute Gasteiger partial charge is 0.481 e. The predicted molar refractivity (Wildman–Crippen MR) is 152 cm³/mol. The average molecular weight is 590 g/mol. The second-order valence-corrected chi connectivity index (χ2v) is 11.5. The molecule has 0 bridgehead atoms. The van der Waals surface area contributed by atoms with Crippen molar-refractivity contribution in [3.63, 3.8) is 0 Å². The molecule has 1 unspecified atom stereocenters. The van der Waals surface area contributed by atoms with Gasteiger partial charge in [-0.25, -0.2) is 4.98 Å². The molecule has 2 fully saturated rings. The van der Waals surface area contributed by atoms with Crippen LogP contribution in [0.5, 0.6) is 5.88 Å². The van der Waals surface area contributed by atoms with Crippen LogP contribution < -0.4 is 4.74 Å². The van der Waals surface area contributed by atoms with Crippen LogP contribution in [0.4, 0.5) is 13.2 Å². The molecule has 2 saturated heterocycles. The van der Waals surface area contributed by atoms with Gasteiger partial charge in [-0.1, -0.05) is 48.0 Å². The molecular formula is C31H35ClF3N3O3. The molecular weight excluding hydrogens is 555 g/mol. The molecule has 0 spiro atoms. The molecule has 0 aliphatic carbocycles. The Labute approximate surface area is 243 Å². The molecule has 1 N–H and O–H groups in total. The van der Waals surface area contributed by atoms with E-state index in [1.165, 1.54) is 7.11 Å². The van der Waals surface area contributed by atoms with Crippen molar-refractivity contribution in [1.82, 2.24) is 14.8 Å². The molecule has 5 rings (SSSR count). The number of pyridine rings is 1. The molecule has 0 saturated carbocycles. The van der Waals surface area contributed by atoms with Crippen molar-refractivity contribution < 1.29 is 27.8 Å². The first-order valence-electron chi connectivity index (χ1n) is 14.0. The minimum Gasteiger partial charge on any atom is -0.481 e. The molecule has 2 aliphatic heterocycles. The number of fused-ring (bicyclic) bond motifs is 1. The second-order valence-electron chi connectivity index (χ2n) is 11.2. The summed E-state index contributed by atoms with van der Waals surface area (Å²) in [7, 11) is 1.50. The number of alkyl halides is 3. The number of piperidine rings is 2. The number of aliphatic hydroxyl groups is 1. The maximum absolute atomic E-state index is 13.2. The lowest BCUT2D eigenvalue weighted by Gasteiger charge is -2.42. The van der Waals surface area contributed by atoms with Crippen molar-refractivity contribution in [1.29, 1.82) is 0 Å². The fourth-order valence-corrected chi connectivity index (χ4v) is 6.66.